The molecular formula is C9H9NO4S. The first-order valence-corrected chi connectivity index (χ1v) is 4.90. The topological polar surface area (TPSA) is 76.4 Å². The molecule has 0 aliphatic carbocycles. The molecule has 5 nitrogen and oxygen atoms in total. The van der Waals surface area contributed by atoms with Crippen molar-refractivity contribution in [3.8, 4) is 0 Å². The van der Waals surface area contributed by atoms with E-state index in [1.165, 1.54) is 26.2 Å². The number of hydrogen-bond acceptors (Lipinski definition) is 5. The maximum Gasteiger partial charge on any atom is 0.294 e. The number of carbonyl (C=O) groups excluding carboxylic acids is 3. The number of imide groups is 1. The summed E-state index contributed by atoms with van der Waals surface area (Å²) < 4.78 is 4.89. The first-order valence-electron chi connectivity index (χ1n) is 4.08. The van der Waals surface area contributed by atoms with Crippen molar-refractivity contribution < 1.29 is 18.8 Å². The van der Waals surface area contributed by atoms with Crippen molar-refractivity contribution >= 4 is 28.7 Å². The maximum atomic E-state index is 11.4. The van der Waals surface area contributed by atoms with E-state index in [4.69, 9.17) is 4.42 Å². The van der Waals surface area contributed by atoms with Crippen molar-refractivity contribution in [3.63, 3.8) is 0 Å². The van der Waals surface area contributed by atoms with E-state index < -0.39 is 11.8 Å². The van der Waals surface area contributed by atoms with E-state index in [0.29, 0.717) is 4.90 Å². The quantitative estimate of drug-likeness (QED) is 0.768. The second-order valence-electron chi connectivity index (χ2n) is 2.72. The Balaban J connectivity index is 2.84. The Morgan fingerprint density at radius 1 is 1.33 bits per heavy atom. The fourth-order valence-electron chi connectivity index (χ4n) is 0.915. The van der Waals surface area contributed by atoms with Crippen molar-refractivity contribution in [2.45, 2.75) is 18.7 Å². The van der Waals surface area contributed by atoms with Crippen LogP contribution in [0, 0.1) is 0 Å². The van der Waals surface area contributed by atoms with Gasteiger partial charge >= 0.3 is 0 Å². The molecule has 2 amide bonds. The predicted octanol–water partition coefficient (Wildman–Crippen LogP) is 1.19. The molecule has 1 aromatic rings. The highest BCUT2D eigenvalue weighted by molar-refractivity contribution is 8.13. The fourth-order valence-corrected chi connectivity index (χ4v) is 1.58. The monoisotopic (exact) mass is 227 g/mol. The van der Waals surface area contributed by atoms with Gasteiger partial charge in [0, 0.05) is 13.8 Å². The summed E-state index contributed by atoms with van der Waals surface area (Å²) in [6.07, 6.45) is 1.29. The van der Waals surface area contributed by atoms with Crippen LogP contribution < -0.4 is 5.32 Å². The lowest BCUT2D eigenvalue weighted by Crippen LogP contribution is -2.27. The summed E-state index contributed by atoms with van der Waals surface area (Å²) in [7, 11) is 0. The van der Waals surface area contributed by atoms with Crippen LogP contribution in [0.25, 0.3) is 0 Å². The minimum absolute atomic E-state index is 0.0228. The summed E-state index contributed by atoms with van der Waals surface area (Å²) in [4.78, 5) is 33.2. The van der Waals surface area contributed by atoms with Gasteiger partial charge in [0.05, 0.1) is 11.2 Å². The van der Waals surface area contributed by atoms with Crippen LogP contribution in [0.4, 0.5) is 0 Å². The van der Waals surface area contributed by atoms with Gasteiger partial charge in [0.2, 0.25) is 11.7 Å². The Labute approximate surface area is 90.2 Å². The van der Waals surface area contributed by atoms with Crippen molar-refractivity contribution in [2.24, 2.45) is 0 Å². The lowest BCUT2D eigenvalue weighted by Gasteiger charge is -1.99. The molecule has 0 bridgehead atoms. The van der Waals surface area contributed by atoms with Gasteiger partial charge in [0.15, 0.2) is 5.12 Å². The normalized spacial score (nSPS) is 9.73. The second-order valence-corrected chi connectivity index (χ2v) is 3.94. The van der Waals surface area contributed by atoms with Crippen LogP contribution in [0.3, 0.4) is 0 Å². The molecule has 0 aliphatic heterocycles. The van der Waals surface area contributed by atoms with Crippen LogP contribution in [0.2, 0.25) is 0 Å². The van der Waals surface area contributed by atoms with Gasteiger partial charge in [-0.3, -0.25) is 19.7 Å². The third kappa shape index (κ3) is 3.25. The molecule has 0 aliphatic rings. The molecule has 0 saturated heterocycles. The highest BCUT2D eigenvalue weighted by atomic mass is 32.2. The number of thioether (sulfide) groups is 1. The van der Waals surface area contributed by atoms with Gasteiger partial charge in [-0.25, -0.2) is 0 Å². The van der Waals surface area contributed by atoms with Gasteiger partial charge in [-0.15, -0.1) is 0 Å². The van der Waals surface area contributed by atoms with Crippen LogP contribution in [0.1, 0.15) is 24.4 Å². The molecule has 0 radical (unpaired) electrons. The summed E-state index contributed by atoms with van der Waals surface area (Å²) >= 11 is 0.882. The van der Waals surface area contributed by atoms with Crippen LogP contribution in [0.5, 0.6) is 0 Å². The second kappa shape index (κ2) is 4.79. The summed E-state index contributed by atoms with van der Waals surface area (Å²) in [5, 5.41) is 1.90. The molecule has 0 atom stereocenters. The number of amides is 2. The minimum Gasteiger partial charge on any atom is -0.458 e. The zero-order chi connectivity index (χ0) is 11.4. The highest BCUT2D eigenvalue weighted by Gasteiger charge is 2.17. The van der Waals surface area contributed by atoms with Crippen LogP contribution in [-0.4, -0.2) is 16.9 Å². The highest BCUT2D eigenvalue weighted by Crippen LogP contribution is 2.24. The molecule has 0 aromatic carbocycles. The molecule has 80 valence electrons. The maximum absolute atomic E-state index is 11.4. The minimum atomic E-state index is -0.642. The molecule has 1 heterocycles. The van der Waals surface area contributed by atoms with E-state index in [1.807, 2.05) is 0 Å². The first kappa shape index (κ1) is 11.5. The van der Waals surface area contributed by atoms with Gasteiger partial charge in [-0.1, -0.05) is 0 Å². The summed E-state index contributed by atoms with van der Waals surface area (Å²) in [5.41, 5.74) is 0. The van der Waals surface area contributed by atoms with Gasteiger partial charge in [-0.05, 0) is 17.8 Å². The van der Waals surface area contributed by atoms with Gasteiger partial charge < -0.3 is 4.42 Å². The fraction of sp³-hybridized carbons (Fsp3) is 0.222. The summed E-state index contributed by atoms with van der Waals surface area (Å²) in [5.74, 6) is -1.14. The molecule has 0 spiro atoms. The van der Waals surface area contributed by atoms with Crippen LogP contribution >= 0.6 is 11.8 Å². The number of nitrogens with one attached hydrogen (secondary N) is 1. The van der Waals surface area contributed by atoms with E-state index in [1.54, 1.807) is 0 Å². The Hall–Kier alpha value is -1.56. The van der Waals surface area contributed by atoms with E-state index in [2.05, 4.69) is 5.32 Å². The molecule has 1 aromatic heterocycles. The van der Waals surface area contributed by atoms with Crippen molar-refractivity contribution in [3.05, 3.63) is 18.1 Å². The summed E-state index contributed by atoms with van der Waals surface area (Å²) in [6, 6.07) is 1.50. The Morgan fingerprint density at radius 2 is 2.00 bits per heavy atom. The third-order valence-electron chi connectivity index (χ3n) is 1.38. The lowest BCUT2D eigenvalue weighted by molar-refractivity contribution is -0.118. The third-order valence-corrected chi connectivity index (χ3v) is 2.21. The number of furan rings is 1. The predicted molar refractivity (Wildman–Crippen MR) is 53.4 cm³/mol. The number of carbonyl (C=O) groups is 3. The molecule has 6 heteroatoms. The zero-order valence-electron chi connectivity index (χ0n) is 8.20. The molecular weight excluding hydrogens is 218 g/mol. The van der Waals surface area contributed by atoms with Gasteiger partial charge in [0.25, 0.3) is 5.91 Å². The molecule has 15 heavy (non-hydrogen) atoms. The molecule has 1 N–H and O–H groups in total. The van der Waals surface area contributed by atoms with Gasteiger partial charge in [-0.2, -0.15) is 0 Å². The van der Waals surface area contributed by atoms with Crippen molar-refractivity contribution in [1.82, 2.24) is 5.32 Å². The smallest absolute Gasteiger partial charge is 0.294 e. The zero-order valence-corrected chi connectivity index (χ0v) is 9.01. The average Bonchev–Trinajstić information content (AvgIpc) is 2.49. The van der Waals surface area contributed by atoms with Crippen molar-refractivity contribution in [2.75, 3.05) is 0 Å². The Morgan fingerprint density at radius 3 is 2.53 bits per heavy atom. The van der Waals surface area contributed by atoms with E-state index in [-0.39, 0.29) is 10.9 Å². The van der Waals surface area contributed by atoms with Gasteiger partial charge in [0.1, 0.15) is 0 Å². The van der Waals surface area contributed by atoms with E-state index >= 15 is 0 Å². The summed E-state index contributed by atoms with van der Waals surface area (Å²) in [6.45, 7) is 2.60. The van der Waals surface area contributed by atoms with E-state index in [0.717, 1.165) is 11.8 Å². The lowest BCUT2D eigenvalue weighted by atomic mass is 10.4. The Bertz CT molecular complexity index is 410. The van der Waals surface area contributed by atoms with Crippen LogP contribution in [0.15, 0.2) is 21.6 Å². The van der Waals surface area contributed by atoms with Crippen LogP contribution in [-0.2, 0) is 9.59 Å². The molecule has 0 unspecified atom stereocenters. The number of rotatable bonds is 2. The number of hydrogen-bond donors (Lipinski definition) is 1. The van der Waals surface area contributed by atoms with Crippen molar-refractivity contribution in [1.29, 1.82) is 0 Å². The molecule has 1 rings (SSSR count). The SMILES string of the molecule is CC(=O)NC(=O)c1occc1SC(C)=O. The van der Waals surface area contributed by atoms with E-state index in [9.17, 15) is 14.4 Å². The Kier molecular flexibility index (Phi) is 3.68. The molecule has 0 fully saturated rings. The molecule has 0 saturated carbocycles. The first-order chi connectivity index (χ1) is 7.00. The largest absolute Gasteiger partial charge is 0.458 e. The standard InChI is InChI=1S/C9H9NO4S/c1-5(11)10-9(13)8-7(3-4-14-8)15-6(2)12/h3-4H,1-2H3,(H,10,11,13). The average molecular weight is 227 g/mol.